The minimum Gasteiger partial charge on any atom is -0.480 e. The number of hydrogen-bond donors (Lipinski definition) is 1. The maximum atomic E-state index is 12.8. The van der Waals surface area contributed by atoms with Crippen LogP contribution in [0.5, 0.6) is 0 Å². The number of likely N-dealkylation sites (N-methyl/N-ethyl adjacent to an activating group) is 1. The normalized spacial score (nSPS) is 14.8. The molecule has 6 heteroatoms. The lowest BCUT2D eigenvalue weighted by molar-refractivity contribution is -0.147. The van der Waals surface area contributed by atoms with E-state index >= 15 is 0 Å². The van der Waals surface area contributed by atoms with Crippen molar-refractivity contribution in [1.82, 2.24) is 9.80 Å². The Hall–Kier alpha value is -1.56. The maximum Gasteiger partial charge on any atom is 0.329 e. The molecule has 1 aromatic rings. The van der Waals surface area contributed by atoms with Crippen molar-refractivity contribution < 1.29 is 14.7 Å². The molecule has 5 nitrogen and oxygen atoms in total. The zero-order valence-corrected chi connectivity index (χ0v) is 13.5. The topological polar surface area (TPSA) is 60.9 Å². The Balaban J connectivity index is 2.18. The maximum absolute atomic E-state index is 12.8. The van der Waals surface area contributed by atoms with Crippen molar-refractivity contribution in [3.05, 3.63) is 22.4 Å². The van der Waals surface area contributed by atoms with Crippen LogP contribution in [0, 0.1) is 0 Å². The lowest BCUT2D eigenvalue weighted by atomic mass is 10.0. The molecule has 0 atom stereocenters. The number of urea groups is 1. The average molecular weight is 310 g/mol. The van der Waals surface area contributed by atoms with E-state index in [-0.39, 0.29) is 12.1 Å². The molecule has 0 bridgehead atoms. The number of carboxylic acid groups (broad SMARTS) is 1. The molecule has 1 N–H and O–H groups in total. The van der Waals surface area contributed by atoms with Gasteiger partial charge in [-0.3, -0.25) is 0 Å². The molecule has 0 aliphatic heterocycles. The molecule has 1 heterocycles. The molecule has 0 saturated heterocycles. The highest BCUT2D eigenvalue weighted by Crippen LogP contribution is 2.31. The Kier molecular flexibility index (Phi) is 4.56. The lowest BCUT2D eigenvalue weighted by Gasteiger charge is -2.38. The van der Waals surface area contributed by atoms with Gasteiger partial charge in [0.2, 0.25) is 0 Å². The number of hydrogen-bond acceptors (Lipinski definition) is 3. The molecule has 0 unspecified atom stereocenters. The second-order valence-electron chi connectivity index (χ2n) is 5.83. The van der Waals surface area contributed by atoms with Crippen LogP contribution < -0.4 is 0 Å². The van der Waals surface area contributed by atoms with Gasteiger partial charge in [0.1, 0.15) is 5.54 Å². The zero-order chi connectivity index (χ0) is 15.6. The van der Waals surface area contributed by atoms with E-state index < -0.39 is 11.5 Å². The highest BCUT2D eigenvalue weighted by atomic mass is 32.1. The summed E-state index contributed by atoms with van der Waals surface area (Å²) < 4.78 is 0. The zero-order valence-electron chi connectivity index (χ0n) is 12.7. The molecule has 2 rings (SSSR count). The van der Waals surface area contributed by atoms with Gasteiger partial charge in [-0.1, -0.05) is 6.07 Å². The van der Waals surface area contributed by atoms with Crippen molar-refractivity contribution in [2.75, 3.05) is 6.54 Å². The Morgan fingerprint density at radius 2 is 2.10 bits per heavy atom. The first-order valence-electron chi connectivity index (χ1n) is 7.22. The Bertz CT molecular complexity index is 509. The van der Waals surface area contributed by atoms with Crippen LogP contribution in [-0.2, 0) is 11.3 Å². The number of carbonyl (C=O) groups excluding carboxylic acids is 1. The third-order valence-corrected chi connectivity index (χ3v) is 4.75. The van der Waals surface area contributed by atoms with Crippen molar-refractivity contribution in [2.45, 2.75) is 51.7 Å². The number of rotatable bonds is 6. The van der Waals surface area contributed by atoms with Gasteiger partial charge in [0.25, 0.3) is 0 Å². The van der Waals surface area contributed by atoms with Crippen LogP contribution in [-0.4, -0.2) is 45.0 Å². The van der Waals surface area contributed by atoms with E-state index in [1.54, 1.807) is 25.2 Å². The number of carbonyl (C=O) groups is 2. The Morgan fingerprint density at radius 1 is 1.43 bits per heavy atom. The van der Waals surface area contributed by atoms with Gasteiger partial charge in [-0.15, -0.1) is 11.3 Å². The van der Waals surface area contributed by atoms with Crippen LogP contribution >= 0.6 is 11.3 Å². The molecule has 21 heavy (non-hydrogen) atoms. The predicted molar refractivity (Wildman–Crippen MR) is 82.4 cm³/mol. The third-order valence-electron chi connectivity index (χ3n) is 3.88. The summed E-state index contributed by atoms with van der Waals surface area (Å²) in [7, 11) is 0. The van der Waals surface area contributed by atoms with Crippen LogP contribution in [0.1, 0.15) is 38.5 Å². The standard InChI is InChI=1S/C15H22N2O3S/c1-4-17(15(2,3)13(18)19)14(20)16(11-7-8-11)10-12-6-5-9-21-12/h5-6,9,11H,4,7-8,10H2,1-3H3,(H,18,19). The number of aliphatic carboxylic acids is 1. The minimum absolute atomic E-state index is 0.180. The molecule has 0 radical (unpaired) electrons. The van der Waals surface area contributed by atoms with Crippen LogP contribution in [0.25, 0.3) is 0 Å². The summed E-state index contributed by atoms with van der Waals surface area (Å²) in [6.07, 6.45) is 2.00. The second kappa shape index (κ2) is 6.05. The fourth-order valence-electron chi connectivity index (χ4n) is 2.35. The molecule has 2 amide bonds. The number of thiophene rings is 1. The monoisotopic (exact) mass is 310 g/mol. The van der Waals surface area contributed by atoms with Gasteiger partial charge in [0.05, 0.1) is 6.54 Å². The third kappa shape index (κ3) is 3.37. The van der Waals surface area contributed by atoms with Crippen LogP contribution in [0.15, 0.2) is 17.5 Å². The summed E-state index contributed by atoms with van der Waals surface area (Å²) in [5.41, 5.74) is -1.20. The molecular weight excluding hydrogens is 288 g/mol. The summed E-state index contributed by atoms with van der Waals surface area (Å²) in [5, 5.41) is 11.4. The quantitative estimate of drug-likeness (QED) is 0.878. The predicted octanol–water partition coefficient (Wildman–Crippen LogP) is 3.02. The highest BCUT2D eigenvalue weighted by molar-refractivity contribution is 7.09. The molecule has 1 fully saturated rings. The summed E-state index contributed by atoms with van der Waals surface area (Å²) in [5.74, 6) is -0.982. The van der Waals surface area contributed by atoms with Crippen LogP contribution in [0.4, 0.5) is 4.79 Å². The van der Waals surface area contributed by atoms with Crippen molar-refractivity contribution in [2.24, 2.45) is 0 Å². The largest absolute Gasteiger partial charge is 0.480 e. The summed E-state index contributed by atoms with van der Waals surface area (Å²) in [6, 6.07) is 4.04. The first-order valence-corrected chi connectivity index (χ1v) is 8.10. The van der Waals surface area contributed by atoms with E-state index in [2.05, 4.69) is 0 Å². The molecule has 1 saturated carbocycles. The highest BCUT2D eigenvalue weighted by Gasteiger charge is 2.42. The van der Waals surface area contributed by atoms with Gasteiger partial charge in [0, 0.05) is 17.5 Å². The van der Waals surface area contributed by atoms with Crippen molar-refractivity contribution in [3.8, 4) is 0 Å². The van der Waals surface area contributed by atoms with E-state index in [1.807, 2.05) is 29.3 Å². The summed E-state index contributed by atoms with van der Waals surface area (Å²) in [6.45, 7) is 5.91. The van der Waals surface area contributed by atoms with Crippen molar-refractivity contribution in [1.29, 1.82) is 0 Å². The SMILES string of the molecule is CCN(C(=O)N(Cc1cccs1)C1CC1)C(C)(C)C(=O)O. The van der Waals surface area contributed by atoms with Gasteiger partial charge >= 0.3 is 12.0 Å². The molecule has 1 aliphatic carbocycles. The van der Waals surface area contributed by atoms with E-state index in [4.69, 9.17) is 0 Å². The molecule has 1 aromatic heterocycles. The van der Waals surface area contributed by atoms with Gasteiger partial charge in [0.15, 0.2) is 0 Å². The number of amides is 2. The lowest BCUT2D eigenvalue weighted by Crippen LogP contribution is -2.57. The van der Waals surface area contributed by atoms with Gasteiger partial charge in [-0.05, 0) is 45.1 Å². The first-order chi connectivity index (χ1) is 9.87. The molecule has 0 aromatic carbocycles. The first kappa shape index (κ1) is 15.8. The molecular formula is C15H22N2O3S. The summed E-state index contributed by atoms with van der Waals surface area (Å²) >= 11 is 1.62. The van der Waals surface area contributed by atoms with E-state index in [0.29, 0.717) is 13.1 Å². The van der Waals surface area contributed by atoms with Gasteiger partial charge in [-0.25, -0.2) is 9.59 Å². The number of carboxylic acids is 1. The Morgan fingerprint density at radius 3 is 2.52 bits per heavy atom. The molecule has 0 spiro atoms. The van der Waals surface area contributed by atoms with E-state index in [9.17, 15) is 14.7 Å². The van der Waals surface area contributed by atoms with E-state index in [1.165, 1.54) is 4.90 Å². The van der Waals surface area contributed by atoms with Crippen molar-refractivity contribution >= 4 is 23.3 Å². The van der Waals surface area contributed by atoms with E-state index in [0.717, 1.165) is 17.7 Å². The van der Waals surface area contributed by atoms with Gasteiger partial charge < -0.3 is 14.9 Å². The minimum atomic E-state index is -1.20. The smallest absolute Gasteiger partial charge is 0.329 e. The Labute approximate surface area is 129 Å². The van der Waals surface area contributed by atoms with Crippen LogP contribution in [0.2, 0.25) is 0 Å². The fraction of sp³-hybridized carbons (Fsp3) is 0.600. The van der Waals surface area contributed by atoms with Gasteiger partial charge in [-0.2, -0.15) is 0 Å². The average Bonchev–Trinajstić information content (AvgIpc) is 3.13. The number of nitrogens with zero attached hydrogens (tertiary/aromatic N) is 2. The molecule has 1 aliphatic rings. The molecule has 116 valence electrons. The summed E-state index contributed by atoms with van der Waals surface area (Å²) in [4.78, 5) is 28.7. The van der Waals surface area contributed by atoms with Crippen LogP contribution in [0.3, 0.4) is 0 Å². The fourth-order valence-corrected chi connectivity index (χ4v) is 3.05. The van der Waals surface area contributed by atoms with Crippen molar-refractivity contribution in [3.63, 3.8) is 0 Å². The second-order valence-corrected chi connectivity index (χ2v) is 6.86.